The number of carbonyl (C=O) groups excluding carboxylic acids is 1. The molecule has 5 nitrogen and oxygen atoms in total. The van der Waals surface area contributed by atoms with Crippen molar-refractivity contribution in [2.45, 2.75) is 6.92 Å². The number of nitrogens with zero attached hydrogens (tertiary/aromatic N) is 3. The molecular formula is C18H13ClN4OS. The minimum absolute atomic E-state index is 0.132. The minimum atomic E-state index is -0.132. The molecule has 2 aromatic heterocycles. The van der Waals surface area contributed by atoms with E-state index in [1.54, 1.807) is 16.9 Å². The molecule has 1 N–H and O–H groups in total. The Morgan fingerprint density at radius 1 is 1.12 bits per heavy atom. The molecule has 0 radical (unpaired) electrons. The van der Waals surface area contributed by atoms with Crippen molar-refractivity contribution >= 4 is 45.6 Å². The highest BCUT2D eigenvalue weighted by Gasteiger charge is 2.10. The Morgan fingerprint density at radius 3 is 2.72 bits per heavy atom. The zero-order valence-corrected chi connectivity index (χ0v) is 14.8. The molecule has 0 atom stereocenters. The van der Waals surface area contributed by atoms with Crippen LogP contribution in [0.5, 0.6) is 0 Å². The summed E-state index contributed by atoms with van der Waals surface area (Å²) >= 11 is 7.58. The maximum Gasteiger partial charge on any atom is 0.265 e. The van der Waals surface area contributed by atoms with Gasteiger partial charge in [-0.3, -0.25) is 4.79 Å². The molecule has 0 aliphatic heterocycles. The summed E-state index contributed by atoms with van der Waals surface area (Å²) < 4.78 is 0. The molecule has 25 heavy (non-hydrogen) atoms. The minimum Gasteiger partial charge on any atom is -0.321 e. The summed E-state index contributed by atoms with van der Waals surface area (Å²) in [7, 11) is 0. The Morgan fingerprint density at radius 2 is 1.96 bits per heavy atom. The number of rotatable bonds is 3. The number of hydrogen-bond donors (Lipinski definition) is 1. The Hall–Kier alpha value is -2.70. The van der Waals surface area contributed by atoms with Gasteiger partial charge in [0.1, 0.15) is 11.0 Å². The van der Waals surface area contributed by atoms with E-state index in [1.165, 1.54) is 11.3 Å². The Bertz CT molecular complexity index is 1070. The predicted octanol–water partition coefficient (Wildman–Crippen LogP) is 4.70. The van der Waals surface area contributed by atoms with Gasteiger partial charge in [-0.05, 0) is 54.3 Å². The van der Waals surface area contributed by atoms with Gasteiger partial charge in [-0.25, -0.2) is 0 Å². The van der Waals surface area contributed by atoms with Crippen molar-refractivity contribution in [1.82, 2.24) is 15.0 Å². The predicted molar refractivity (Wildman–Crippen MR) is 101 cm³/mol. The fourth-order valence-electron chi connectivity index (χ4n) is 2.41. The largest absolute Gasteiger partial charge is 0.321 e. The SMILES string of the molecule is Cc1ccc(-n2nc3ccc(NC(=O)c4cccs4)cc3n2)cc1Cl. The van der Waals surface area contributed by atoms with Crippen molar-refractivity contribution < 1.29 is 4.79 Å². The summed E-state index contributed by atoms with van der Waals surface area (Å²) in [6, 6.07) is 14.8. The number of aromatic nitrogens is 3. The smallest absolute Gasteiger partial charge is 0.265 e. The number of anilines is 1. The standard InChI is InChI=1S/C18H13ClN4OS/c1-11-4-6-13(10-14(11)19)23-21-15-7-5-12(9-16(15)22-23)20-18(24)17-3-2-8-25-17/h2-10H,1H3,(H,20,24). The molecule has 4 aromatic rings. The first-order chi connectivity index (χ1) is 12.1. The number of benzene rings is 2. The Kier molecular flexibility index (Phi) is 3.99. The molecule has 2 aromatic carbocycles. The van der Waals surface area contributed by atoms with Gasteiger partial charge in [0.05, 0.1) is 10.6 Å². The molecular weight excluding hydrogens is 356 g/mol. The third-order valence-electron chi connectivity index (χ3n) is 3.77. The normalized spacial score (nSPS) is 11.0. The molecule has 0 fully saturated rings. The molecule has 1 amide bonds. The van der Waals surface area contributed by atoms with Crippen LogP contribution in [0.3, 0.4) is 0 Å². The molecule has 0 bridgehead atoms. The average Bonchev–Trinajstić information content (AvgIpc) is 3.26. The van der Waals surface area contributed by atoms with Crippen LogP contribution in [-0.2, 0) is 0 Å². The number of fused-ring (bicyclic) bond motifs is 1. The van der Waals surface area contributed by atoms with Crippen molar-refractivity contribution in [2.24, 2.45) is 0 Å². The second-order valence-corrected chi connectivity index (χ2v) is 6.91. The van der Waals surface area contributed by atoms with E-state index in [9.17, 15) is 4.79 Å². The van der Waals surface area contributed by atoms with Gasteiger partial charge in [-0.2, -0.15) is 4.80 Å². The maximum atomic E-state index is 12.2. The molecule has 7 heteroatoms. The second-order valence-electron chi connectivity index (χ2n) is 5.56. The summed E-state index contributed by atoms with van der Waals surface area (Å²) in [5.41, 5.74) is 3.91. The lowest BCUT2D eigenvalue weighted by Crippen LogP contribution is -2.09. The van der Waals surface area contributed by atoms with Gasteiger partial charge in [-0.15, -0.1) is 21.5 Å². The van der Waals surface area contributed by atoms with E-state index >= 15 is 0 Å². The van der Waals surface area contributed by atoms with Crippen LogP contribution in [0, 0.1) is 6.92 Å². The van der Waals surface area contributed by atoms with Crippen LogP contribution in [0.4, 0.5) is 5.69 Å². The van der Waals surface area contributed by atoms with E-state index in [0.29, 0.717) is 21.1 Å². The third-order valence-corrected chi connectivity index (χ3v) is 5.05. The Balaban J connectivity index is 1.65. The summed E-state index contributed by atoms with van der Waals surface area (Å²) in [5.74, 6) is -0.132. The van der Waals surface area contributed by atoms with E-state index in [1.807, 2.05) is 48.7 Å². The highest BCUT2D eigenvalue weighted by atomic mass is 35.5. The first-order valence-electron chi connectivity index (χ1n) is 7.59. The number of amides is 1. The number of thiophene rings is 1. The topological polar surface area (TPSA) is 59.8 Å². The van der Waals surface area contributed by atoms with Gasteiger partial charge in [0.2, 0.25) is 0 Å². The van der Waals surface area contributed by atoms with E-state index in [4.69, 9.17) is 11.6 Å². The zero-order valence-electron chi connectivity index (χ0n) is 13.2. The quantitative estimate of drug-likeness (QED) is 0.570. The van der Waals surface area contributed by atoms with Crippen LogP contribution in [-0.4, -0.2) is 20.9 Å². The molecule has 0 saturated carbocycles. The molecule has 0 spiro atoms. The van der Waals surface area contributed by atoms with Crippen LogP contribution in [0.15, 0.2) is 53.9 Å². The highest BCUT2D eigenvalue weighted by molar-refractivity contribution is 7.12. The van der Waals surface area contributed by atoms with Gasteiger partial charge in [0.25, 0.3) is 5.91 Å². The van der Waals surface area contributed by atoms with Crippen molar-refractivity contribution in [2.75, 3.05) is 5.32 Å². The Labute approximate surface area is 152 Å². The fraction of sp³-hybridized carbons (Fsp3) is 0.0556. The fourth-order valence-corrected chi connectivity index (χ4v) is 3.21. The molecule has 0 aliphatic carbocycles. The van der Waals surface area contributed by atoms with Crippen molar-refractivity contribution in [3.8, 4) is 5.69 Å². The van der Waals surface area contributed by atoms with E-state index < -0.39 is 0 Å². The number of halogens is 1. The van der Waals surface area contributed by atoms with Gasteiger partial charge in [-0.1, -0.05) is 23.7 Å². The van der Waals surface area contributed by atoms with Gasteiger partial charge >= 0.3 is 0 Å². The molecule has 2 heterocycles. The van der Waals surface area contributed by atoms with Crippen molar-refractivity contribution in [3.63, 3.8) is 0 Å². The summed E-state index contributed by atoms with van der Waals surface area (Å²) in [6.45, 7) is 1.95. The maximum absolute atomic E-state index is 12.2. The molecule has 0 aliphatic rings. The number of nitrogens with one attached hydrogen (secondary N) is 1. The zero-order chi connectivity index (χ0) is 17.4. The number of aryl methyl sites for hydroxylation is 1. The van der Waals surface area contributed by atoms with E-state index in [-0.39, 0.29) is 5.91 Å². The lowest BCUT2D eigenvalue weighted by molar-refractivity contribution is 0.103. The first kappa shape index (κ1) is 15.8. The molecule has 4 rings (SSSR count). The second kappa shape index (κ2) is 6.31. The highest BCUT2D eigenvalue weighted by Crippen LogP contribution is 2.22. The van der Waals surface area contributed by atoms with Gasteiger partial charge < -0.3 is 5.32 Å². The lowest BCUT2D eigenvalue weighted by atomic mass is 10.2. The van der Waals surface area contributed by atoms with Crippen LogP contribution in [0.1, 0.15) is 15.2 Å². The van der Waals surface area contributed by atoms with Crippen LogP contribution in [0.2, 0.25) is 5.02 Å². The summed E-state index contributed by atoms with van der Waals surface area (Å²) in [6.07, 6.45) is 0. The molecule has 0 saturated heterocycles. The van der Waals surface area contributed by atoms with Crippen LogP contribution < -0.4 is 5.32 Å². The molecule has 0 unspecified atom stereocenters. The molecule has 124 valence electrons. The first-order valence-corrected chi connectivity index (χ1v) is 8.84. The summed E-state index contributed by atoms with van der Waals surface area (Å²) in [5, 5.41) is 14.4. The third kappa shape index (κ3) is 3.14. The van der Waals surface area contributed by atoms with E-state index in [0.717, 1.165) is 16.8 Å². The lowest BCUT2D eigenvalue weighted by Gasteiger charge is -2.02. The number of hydrogen-bond acceptors (Lipinski definition) is 4. The number of carbonyl (C=O) groups is 1. The van der Waals surface area contributed by atoms with Crippen LogP contribution in [0.25, 0.3) is 16.7 Å². The monoisotopic (exact) mass is 368 g/mol. The van der Waals surface area contributed by atoms with Crippen molar-refractivity contribution in [3.05, 3.63) is 69.4 Å². The van der Waals surface area contributed by atoms with E-state index in [2.05, 4.69) is 15.5 Å². The van der Waals surface area contributed by atoms with Gasteiger partial charge in [0, 0.05) is 10.7 Å². The van der Waals surface area contributed by atoms with Crippen molar-refractivity contribution in [1.29, 1.82) is 0 Å². The summed E-state index contributed by atoms with van der Waals surface area (Å²) in [4.78, 5) is 14.4. The van der Waals surface area contributed by atoms with Gasteiger partial charge in [0.15, 0.2) is 0 Å². The average molecular weight is 369 g/mol. The van der Waals surface area contributed by atoms with Crippen LogP contribution >= 0.6 is 22.9 Å².